The first-order chi connectivity index (χ1) is 12.6. The number of hydrogen-bond donors (Lipinski definition) is 3. The molecule has 0 aliphatic rings. The Balaban J connectivity index is 1.57. The number of para-hydroxylation sites is 2. The summed E-state index contributed by atoms with van der Waals surface area (Å²) >= 11 is 1.60. The molecule has 3 N–H and O–H groups in total. The number of aromatic amines is 2. The molecular weight excluding hydrogens is 346 g/mol. The molecule has 1 aromatic carbocycles. The molecule has 0 spiro atoms. The fraction of sp³-hybridized carbons (Fsp3) is 0.211. The van der Waals surface area contributed by atoms with Crippen molar-refractivity contribution in [3.8, 4) is 10.6 Å². The first kappa shape index (κ1) is 16.5. The van der Waals surface area contributed by atoms with Crippen molar-refractivity contribution in [2.24, 2.45) is 5.92 Å². The molecule has 3 aromatic heterocycles. The molecule has 4 rings (SSSR count). The van der Waals surface area contributed by atoms with Gasteiger partial charge in [-0.3, -0.25) is 9.89 Å². The molecule has 0 saturated heterocycles. The van der Waals surface area contributed by atoms with Crippen molar-refractivity contribution >= 4 is 28.3 Å². The number of H-pyrrole nitrogens is 2. The zero-order valence-corrected chi connectivity index (χ0v) is 15.3. The minimum absolute atomic E-state index is 0.176. The van der Waals surface area contributed by atoms with E-state index in [9.17, 15) is 4.79 Å². The minimum Gasteiger partial charge on any atom is -0.340 e. The Kier molecular flexibility index (Phi) is 4.30. The summed E-state index contributed by atoms with van der Waals surface area (Å²) < 4.78 is 0. The van der Waals surface area contributed by atoms with Crippen LogP contribution in [0, 0.1) is 5.92 Å². The van der Waals surface area contributed by atoms with E-state index in [2.05, 4.69) is 39.3 Å². The molecular formula is C19H19N5OS. The third-order valence-corrected chi connectivity index (χ3v) is 5.16. The summed E-state index contributed by atoms with van der Waals surface area (Å²) in [7, 11) is 0. The molecule has 0 aliphatic carbocycles. The Morgan fingerprint density at radius 3 is 2.77 bits per heavy atom. The molecule has 7 heteroatoms. The number of amides is 1. The van der Waals surface area contributed by atoms with Crippen LogP contribution >= 0.6 is 11.3 Å². The van der Waals surface area contributed by atoms with Crippen molar-refractivity contribution < 1.29 is 4.79 Å². The van der Waals surface area contributed by atoms with Crippen molar-refractivity contribution in [2.45, 2.75) is 19.9 Å². The number of carbonyl (C=O) groups is 1. The number of hydrogen-bond acceptors (Lipinski definition) is 4. The first-order valence-electron chi connectivity index (χ1n) is 8.46. The van der Waals surface area contributed by atoms with Crippen LogP contribution in [0.2, 0.25) is 0 Å². The second-order valence-electron chi connectivity index (χ2n) is 6.48. The van der Waals surface area contributed by atoms with E-state index < -0.39 is 0 Å². The lowest BCUT2D eigenvalue weighted by Crippen LogP contribution is -2.32. The van der Waals surface area contributed by atoms with Crippen LogP contribution in [-0.4, -0.2) is 26.1 Å². The zero-order valence-electron chi connectivity index (χ0n) is 14.5. The average Bonchev–Trinajstić information content (AvgIpc) is 3.38. The highest BCUT2D eigenvalue weighted by Gasteiger charge is 2.23. The summed E-state index contributed by atoms with van der Waals surface area (Å²) in [6.45, 7) is 4.11. The Morgan fingerprint density at radius 2 is 2.04 bits per heavy atom. The normalized spacial score (nSPS) is 12.6. The van der Waals surface area contributed by atoms with E-state index in [0.29, 0.717) is 5.69 Å². The molecule has 26 heavy (non-hydrogen) atoms. The number of nitrogens with one attached hydrogen (secondary N) is 3. The molecule has 6 nitrogen and oxygen atoms in total. The summed E-state index contributed by atoms with van der Waals surface area (Å²) in [6.07, 6.45) is 0. The fourth-order valence-electron chi connectivity index (χ4n) is 2.88. The minimum atomic E-state index is -0.225. The molecule has 3 heterocycles. The molecule has 1 atom stereocenters. The SMILES string of the molecule is CC(C)C(NC(=O)c1cc(-c2cccs2)[nH]n1)c1nc2ccccc2[nH]1. The number of imidazole rings is 1. The summed E-state index contributed by atoms with van der Waals surface area (Å²) in [4.78, 5) is 21.7. The molecule has 0 fully saturated rings. The molecule has 4 aromatic rings. The highest BCUT2D eigenvalue weighted by atomic mass is 32.1. The number of aromatic nitrogens is 4. The molecule has 0 bridgehead atoms. The molecule has 0 radical (unpaired) electrons. The summed E-state index contributed by atoms with van der Waals surface area (Å²) in [6, 6.07) is 13.4. The fourth-order valence-corrected chi connectivity index (χ4v) is 3.57. The van der Waals surface area contributed by atoms with E-state index in [1.165, 1.54) is 0 Å². The molecule has 1 amide bonds. The monoisotopic (exact) mass is 365 g/mol. The van der Waals surface area contributed by atoms with Crippen LogP contribution in [0.15, 0.2) is 47.8 Å². The van der Waals surface area contributed by atoms with Gasteiger partial charge in [-0.25, -0.2) is 4.98 Å². The van der Waals surface area contributed by atoms with Crippen LogP contribution < -0.4 is 5.32 Å². The lowest BCUT2D eigenvalue weighted by atomic mass is 10.0. The van der Waals surface area contributed by atoms with Gasteiger partial charge in [-0.05, 0) is 35.6 Å². The van der Waals surface area contributed by atoms with Gasteiger partial charge < -0.3 is 10.3 Å². The van der Waals surface area contributed by atoms with E-state index in [-0.39, 0.29) is 17.9 Å². The van der Waals surface area contributed by atoms with Gasteiger partial charge in [0, 0.05) is 0 Å². The van der Waals surface area contributed by atoms with Crippen LogP contribution in [0.1, 0.15) is 36.2 Å². The van der Waals surface area contributed by atoms with Gasteiger partial charge in [0.15, 0.2) is 5.69 Å². The number of nitrogens with zero attached hydrogens (tertiary/aromatic N) is 2. The molecule has 132 valence electrons. The van der Waals surface area contributed by atoms with Crippen molar-refractivity contribution in [2.75, 3.05) is 0 Å². The van der Waals surface area contributed by atoms with Crippen molar-refractivity contribution in [1.29, 1.82) is 0 Å². The molecule has 0 saturated carbocycles. The predicted octanol–water partition coefficient (Wildman–Crippen LogP) is 4.14. The third-order valence-electron chi connectivity index (χ3n) is 4.25. The topological polar surface area (TPSA) is 86.5 Å². The Labute approximate surface area is 154 Å². The zero-order chi connectivity index (χ0) is 18.1. The number of fused-ring (bicyclic) bond motifs is 1. The highest BCUT2D eigenvalue weighted by molar-refractivity contribution is 7.13. The van der Waals surface area contributed by atoms with Gasteiger partial charge in [-0.2, -0.15) is 5.10 Å². The van der Waals surface area contributed by atoms with E-state index in [1.54, 1.807) is 17.4 Å². The largest absolute Gasteiger partial charge is 0.340 e. The van der Waals surface area contributed by atoms with Gasteiger partial charge in [0.25, 0.3) is 5.91 Å². The van der Waals surface area contributed by atoms with Crippen LogP contribution in [0.4, 0.5) is 0 Å². The van der Waals surface area contributed by atoms with Crippen LogP contribution in [0.25, 0.3) is 21.6 Å². The van der Waals surface area contributed by atoms with Crippen molar-refractivity contribution in [3.05, 3.63) is 59.4 Å². The van der Waals surface area contributed by atoms with Gasteiger partial charge in [0.2, 0.25) is 0 Å². The maximum atomic E-state index is 12.7. The predicted molar refractivity (Wildman–Crippen MR) is 103 cm³/mol. The lowest BCUT2D eigenvalue weighted by molar-refractivity contribution is 0.0918. The Bertz CT molecular complexity index is 998. The Hall–Kier alpha value is -2.93. The van der Waals surface area contributed by atoms with Crippen molar-refractivity contribution in [3.63, 3.8) is 0 Å². The third kappa shape index (κ3) is 3.13. The van der Waals surface area contributed by atoms with Gasteiger partial charge in [0.1, 0.15) is 5.82 Å². The second kappa shape index (κ2) is 6.76. The Morgan fingerprint density at radius 1 is 1.19 bits per heavy atom. The average molecular weight is 365 g/mol. The van der Waals surface area contributed by atoms with E-state index in [0.717, 1.165) is 27.4 Å². The van der Waals surface area contributed by atoms with Crippen molar-refractivity contribution in [1.82, 2.24) is 25.5 Å². The van der Waals surface area contributed by atoms with Gasteiger partial charge in [-0.1, -0.05) is 32.0 Å². The molecule has 1 unspecified atom stereocenters. The van der Waals surface area contributed by atoms with Gasteiger partial charge >= 0.3 is 0 Å². The van der Waals surface area contributed by atoms with Gasteiger partial charge in [-0.15, -0.1) is 11.3 Å². The standard InChI is InChI=1S/C19H19N5OS/c1-11(2)17(18-20-12-6-3-4-7-13(12)21-18)22-19(25)15-10-14(23-24-15)16-8-5-9-26-16/h3-11,17H,1-2H3,(H,20,21)(H,22,25)(H,23,24). The maximum Gasteiger partial charge on any atom is 0.272 e. The quantitative estimate of drug-likeness (QED) is 0.497. The number of thiophene rings is 1. The van der Waals surface area contributed by atoms with Crippen LogP contribution in [0.3, 0.4) is 0 Å². The highest BCUT2D eigenvalue weighted by Crippen LogP contribution is 2.25. The first-order valence-corrected chi connectivity index (χ1v) is 9.34. The second-order valence-corrected chi connectivity index (χ2v) is 7.43. The lowest BCUT2D eigenvalue weighted by Gasteiger charge is -2.19. The van der Waals surface area contributed by atoms with Crippen LogP contribution in [0.5, 0.6) is 0 Å². The van der Waals surface area contributed by atoms with E-state index >= 15 is 0 Å². The number of benzene rings is 1. The number of rotatable bonds is 5. The summed E-state index contributed by atoms with van der Waals surface area (Å²) in [5.74, 6) is 0.710. The maximum absolute atomic E-state index is 12.7. The smallest absolute Gasteiger partial charge is 0.272 e. The van der Waals surface area contributed by atoms with Gasteiger partial charge in [0.05, 0.1) is 27.6 Å². The van der Waals surface area contributed by atoms with E-state index in [1.807, 2.05) is 41.8 Å². The molecule has 0 aliphatic heterocycles. The van der Waals surface area contributed by atoms with Crippen LogP contribution in [-0.2, 0) is 0 Å². The summed E-state index contributed by atoms with van der Waals surface area (Å²) in [5.41, 5.74) is 3.06. The summed E-state index contributed by atoms with van der Waals surface area (Å²) in [5, 5.41) is 12.1. The van der Waals surface area contributed by atoms with E-state index in [4.69, 9.17) is 0 Å². The number of carbonyl (C=O) groups excluding carboxylic acids is 1.